The Bertz CT molecular complexity index is 2280. The van der Waals surface area contributed by atoms with E-state index in [1.807, 2.05) is 30.4 Å². The molecule has 3 heterocycles. The molecule has 48 heavy (non-hydrogen) atoms. The number of rotatable bonds is 7. The molecule has 0 saturated carbocycles. The van der Waals surface area contributed by atoms with Crippen molar-refractivity contribution in [3.05, 3.63) is 139 Å². The molecular weight excluding hydrogens is 609 g/mol. The van der Waals surface area contributed by atoms with Crippen LogP contribution in [0, 0.1) is 0 Å². The molecule has 0 saturated heterocycles. The third kappa shape index (κ3) is 5.22. The normalized spacial score (nSPS) is 13.0. The van der Waals surface area contributed by atoms with Gasteiger partial charge in [0.1, 0.15) is 5.82 Å². The molecule has 7 aromatic rings. The molecule has 8 rings (SSSR count). The van der Waals surface area contributed by atoms with Crippen molar-refractivity contribution < 1.29 is 4.94 Å². The second kappa shape index (κ2) is 12.2. The van der Waals surface area contributed by atoms with Crippen LogP contribution in [0.3, 0.4) is 0 Å². The maximum absolute atomic E-state index is 6.11. The molecule has 2 aromatic heterocycles. The van der Waals surface area contributed by atoms with Crippen LogP contribution in [0.25, 0.3) is 38.8 Å². The van der Waals surface area contributed by atoms with Gasteiger partial charge in [0, 0.05) is 33.8 Å². The summed E-state index contributed by atoms with van der Waals surface area (Å²) >= 11 is 1.75. The molecule has 0 bridgehead atoms. The summed E-state index contributed by atoms with van der Waals surface area (Å²) in [5.74, 6) is 1.74. The van der Waals surface area contributed by atoms with Crippen molar-refractivity contribution in [3.8, 4) is 16.9 Å². The molecule has 0 amide bonds. The topological polar surface area (TPSA) is 33.5 Å². The number of fused-ring (bicyclic) bond motifs is 4. The number of hydrogen-bond acceptors (Lipinski definition) is 5. The van der Waals surface area contributed by atoms with Crippen LogP contribution in [-0.4, -0.2) is 16.6 Å². The van der Waals surface area contributed by atoms with E-state index in [9.17, 15) is 0 Å². The van der Waals surface area contributed by atoms with E-state index in [2.05, 4.69) is 141 Å². The second-order valence-electron chi connectivity index (χ2n) is 13.0. The van der Waals surface area contributed by atoms with Crippen molar-refractivity contribution in [2.45, 2.75) is 49.3 Å². The fraction of sp³-hybridized carbons (Fsp3) is 0.167. The lowest BCUT2D eigenvalue weighted by molar-refractivity contribution is 0.142. The van der Waals surface area contributed by atoms with Crippen LogP contribution in [0.2, 0.25) is 0 Å². The standard InChI is InChI=1S/C42H38N4OS/c1-27(2)33-15-11-16-34(28(3)4)42(33)29-22-23-43-41(24-29)45-37-17-7-6-14-35(37)36-21-20-32(26-40(36)45)48-31-13-10-12-30(25-31)46-39-19-9-8-18-38(39)44(5)47-46/h6-28H,1-5H3. The van der Waals surface area contributed by atoms with Crippen molar-refractivity contribution >= 4 is 50.6 Å². The molecule has 0 radical (unpaired) electrons. The number of hydroxylamine groups is 1. The zero-order valence-corrected chi connectivity index (χ0v) is 28.7. The first-order chi connectivity index (χ1) is 23.4. The highest BCUT2D eigenvalue weighted by atomic mass is 32.2. The van der Waals surface area contributed by atoms with Gasteiger partial charge >= 0.3 is 0 Å². The van der Waals surface area contributed by atoms with Crippen LogP contribution >= 0.6 is 11.8 Å². The largest absolute Gasteiger partial charge is 0.294 e. The molecule has 238 valence electrons. The molecule has 0 N–H and O–H groups in total. The first-order valence-corrected chi connectivity index (χ1v) is 17.4. The second-order valence-corrected chi connectivity index (χ2v) is 14.2. The van der Waals surface area contributed by atoms with Crippen molar-refractivity contribution in [2.24, 2.45) is 0 Å². The number of para-hydroxylation sites is 3. The van der Waals surface area contributed by atoms with Gasteiger partial charge in [-0.2, -0.15) is 5.06 Å². The minimum absolute atomic E-state index is 0.411. The average molecular weight is 647 g/mol. The monoisotopic (exact) mass is 646 g/mol. The zero-order chi connectivity index (χ0) is 32.9. The molecule has 1 aliphatic heterocycles. The van der Waals surface area contributed by atoms with Gasteiger partial charge in [-0.15, -0.1) is 4.94 Å². The quantitative estimate of drug-likeness (QED) is 0.172. The highest BCUT2D eigenvalue weighted by Crippen LogP contribution is 2.43. The summed E-state index contributed by atoms with van der Waals surface area (Å²) < 4.78 is 2.33. The lowest BCUT2D eigenvalue weighted by atomic mass is 9.85. The summed E-state index contributed by atoms with van der Waals surface area (Å²) in [4.78, 5) is 13.4. The summed E-state index contributed by atoms with van der Waals surface area (Å²) in [6.07, 6.45) is 1.96. The van der Waals surface area contributed by atoms with E-state index in [1.54, 1.807) is 16.8 Å². The predicted molar refractivity (Wildman–Crippen MR) is 201 cm³/mol. The molecule has 0 unspecified atom stereocenters. The van der Waals surface area contributed by atoms with Gasteiger partial charge in [0.2, 0.25) is 0 Å². The summed E-state index contributed by atoms with van der Waals surface area (Å²) in [6, 6.07) is 43.4. The molecular formula is C42H38N4OS. The first kappa shape index (κ1) is 30.3. The van der Waals surface area contributed by atoms with Gasteiger partial charge in [0.15, 0.2) is 0 Å². The number of benzene rings is 5. The molecule has 6 heteroatoms. The lowest BCUT2D eigenvalue weighted by Gasteiger charge is -2.20. The van der Waals surface area contributed by atoms with E-state index in [1.165, 1.54) is 33.0 Å². The van der Waals surface area contributed by atoms with Gasteiger partial charge < -0.3 is 0 Å². The molecule has 5 aromatic carbocycles. The molecule has 0 fully saturated rings. The molecule has 0 aliphatic carbocycles. The zero-order valence-electron chi connectivity index (χ0n) is 27.9. The fourth-order valence-corrected chi connectivity index (χ4v) is 7.85. The number of aromatic nitrogens is 2. The van der Waals surface area contributed by atoms with Gasteiger partial charge in [-0.25, -0.2) is 10.0 Å². The average Bonchev–Trinajstić information content (AvgIpc) is 3.62. The van der Waals surface area contributed by atoms with E-state index in [-0.39, 0.29) is 0 Å². The lowest BCUT2D eigenvalue weighted by Crippen LogP contribution is -2.20. The molecule has 0 atom stereocenters. The third-order valence-corrected chi connectivity index (χ3v) is 10.2. The Hall–Kier alpha value is -5.04. The van der Waals surface area contributed by atoms with Gasteiger partial charge in [-0.3, -0.25) is 4.57 Å². The Balaban J connectivity index is 1.22. The van der Waals surface area contributed by atoms with Crippen LogP contribution in [0.5, 0.6) is 0 Å². The highest BCUT2D eigenvalue weighted by molar-refractivity contribution is 7.99. The Morgan fingerprint density at radius 1 is 0.625 bits per heavy atom. The van der Waals surface area contributed by atoms with Gasteiger partial charge in [0.25, 0.3) is 0 Å². The molecule has 0 spiro atoms. The van der Waals surface area contributed by atoms with Crippen LogP contribution in [0.1, 0.15) is 50.7 Å². The predicted octanol–water partition coefficient (Wildman–Crippen LogP) is 11.7. The van der Waals surface area contributed by atoms with Crippen LogP contribution in [0.4, 0.5) is 17.1 Å². The fourth-order valence-electron chi connectivity index (χ4n) is 6.95. The first-order valence-electron chi connectivity index (χ1n) is 16.6. The van der Waals surface area contributed by atoms with Crippen LogP contribution in [-0.2, 0) is 4.94 Å². The Kier molecular flexibility index (Phi) is 7.70. The highest BCUT2D eigenvalue weighted by Gasteiger charge is 2.26. The summed E-state index contributed by atoms with van der Waals surface area (Å²) in [5, 5.41) is 6.13. The Morgan fingerprint density at radius 2 is 1.31 bits per heavy atom. The number of hydrogen-bond donors (Lipinski definition) is 0. The number of nitrogens with zero attached hydrogens (tertiary/aromatic N) is 4. The number of pyridine rings is 1. The molecule has 1 aliphatic rings. The summed E-state index contributed by atoms with van der Waals surface area (Å²) in [6.45, 7) is 9.12. The van der Waals surface area contributed by atoms with Crippen molar-refractivity contribution in [3.63, 3.8) is 0 Å². The third-order valence-electron chi connectivity index (χ3n) is 9.21. The maximum Gasteiger partial charge on any atom is 0.138 e. The smallest absolute Gasteiger partial charge is 0.138 e. The van der Waals surface area contributed by atoms with Gasteiger partial charge in [-0.1, -0.05) is 100 Å². The van der Waals surface area contributed by atoms with Crippen LogP contribution < -0.4 is 10.1 Å². The summed E-state index contributed by atoms with van der Waals surface area (Å²) in [7, 11) is 1.93. The van der Waals surface area contributed by atoms with E-state index in [0.717, 1.165) is 43.7 Å². The van der Waals surface area contributed by atoms with Gasteiger partial charge in [0.05, 0.1) is 28.1 Å². The van der Waals surface area contributed by atoms with E-state index in [0.29, 0.717) is 11.8 Å². The SMILES string of the molecule is CC(C)c1cccc(C(C)C)c1-c1ccnc(-n2c3ccccc3c3ccc(Sc4cccc(N5ON(C)c6ccccc65)c4)cc32)c1. The Morgan fingerprint density at radius 3 is 2.10 bits per heavy atom. The number of anilines is 3. The van der Waals surface area contributed by atoms with Gasteiger partial charge in [-0.05, 0) is 94.8 Å². The maximum atomic E-state index is 6.11. The Labute approximate surface area is 286 Å². The van der Waals surface area contributed by atoms with Crippen molar-refractivity contribution in [1.82, 2.24) is 9.55 Å². The van der Waals surface area contributed by atoms with E-state index < -0.39 is 0 Å². The van der Waals surface area contributed by atoms with E-state index in [4.69, 9.17) is 9.92 Å². The minimum atomic E-state index is 0.411. The van der Waals surface area contributed by atoms with Crippen molar-refractivity contribution in [2.75, 3.05) is 17.2 Å². The molecule has 5 nitrogen and oxygen atoms in total. The van der Waals surface area contributed by atoms with Crippen LogP contribution in [0.15, 0.2) is 137 Å². The minimum Gasteiger partial charge on any atom is -0.294 e. The van der Waals surface area contributed by atoms with E-state index >= 15 is 0 Å². The van der Waals surface area contributed by atoms with Crippen molar-refractivity contribution in [1.29, 1.82) is 0 Å². The summed E-state index contributed by atoms with van der Waals surface area (Å²) in [5.41, 5.74) is 10.6.